The van der Waals surface area contributed by atoms with Gasteiger partial charge in [-0.05, 0) is 61.4 Å². The zero-order chi connectivity index (χ0) is 50.8. The van der Waals surface area contributed by atoms with Gasteiger partial charge in [-0.2, -0.15) is 9.97 Å². The Bertz CT molecular complexity index is 2630. The number of aromatic amines is 2. The van der Waals surface area contributed by atoms with Gasteiger partial charge in [0.2, 0.25) is 11.9 Å². The zero-order valence-corrected chi connectivity index (χ0v) is 36.0. The molecule has 2 aliphatic heterocycles. The number of hydrogen-bond donors (Lipinski definition) is 17. The second-order valence-electron chi connectivity index (χ2n) is 14.8. The van der Waals surface area contributed by atoms with Crippen LogP contribution in [-0.2, 0) is 28.8 Å². The number of anilines is 8. The number of carboxylic acid groups (broad SMARTS) is 5. The van der Waals surface area contributed by atoms with Crippen LogP contribution in [-0.4, -0.2) is 144 Å². The average Bonchev–Trinajstić information content (AvgIpc) is 3.30. The van der Waals surface area contributed by atoms with Gasteiger partial charge >= 0.3 is 23.9 Å². The van der Waals surface area contributed by atoms with Crippen LogP contribution in [0, 0.1) is 5.92 Å². The molecule has 19 N–H and O–H groups in total. The van der Waals surface area contributed by atoms with Gasteiger partial charge in [-0.1, -0.05) is 0 Å². The first-order valence-corrected chi connectivity index (χ1v) is 20.4. The van der Waals surface area contributed by atoms with Crippen molar-refractivity contribution in [2.45, 2.75) is 43.4 Å². The summed E-state index contributed by atoms with van der Waals surface area (Å²) in [6, 6.07) is 9.37. The molecule has 2 amide bonds. The SMILES string of the molecule is Nc1nc2c(c(=O)[nH]1)NC(CNc1ccc(C(=O)NC(CC(C=O)C(=O)O)C(=O)O)cc1)CN2.Nc1nc2c(c(=O)[nH]1)NC(CNc1ccc(C(=O)NC(CCC(=O)O)C(=O)O)cc1)CN2.O=CO. The number of aliphatic carboxylic acids is 4. The second-order valence-corrected chi connectivity index (χ2v) is 14.8. The number of nitrogens with zero attached hydrogens (tertiary/aromatic N) is 2. The number of aromatic nitrogens is 4. The van der Waals surface area contributed by atoms with Gasteiger partial charge in [0.1, 0.15) is 35.7 Å². The van der Waals surface area contributed by atoms with Crippen molar-refractivity contribution in [3.05, 3.63) is 80.4 Å². The minimum Gasteiger partial charge on any atom is -0.483 e. The number of aldehydes is 1. The smallest absolute Gasteiger partial charge is 0.326 e. The third-order valence-electron chi connectivity index (χ3n) is 9.83. The van der Waals surface area contributed by atoms with E-state index in [1.165, 1.54) is 24.3 Å². The first-order chi connectivity index (χ1) is 32.8. The van der Waals surface area contributed by atoms with E-state index in [4.69, 9.17) is 36.7 Å². The molecule has 0 aliphatic carbocycles. The van der Waals surface area contributed by atoms with Crippen LogP contribution >= 0.6 is 0 Å². The maximum absolute atomic E-state index is 12.4. The topological polar surface area (TPSA) is 477 Å². The Morgan fingerprint density at radius 3 is 1.43 bits per heavy atom. The standard InChI is InChI=1S/C20H23N7O7.C19H23N7O6.CH2O2/c21-20-26-15-14(17(30)27-20)24-12(7-23-15)6-22-11-3-1-9(2-4-11)16(29)25-13(19(33)34)5-10(8-28)18(31)32;20-19-25-15-14(17(30)26-19)23-11(8-22-15)7-21-10-3-1-9(2-4-10)16(29)24-12(18(31)32)5-6-13(27)28;2-1-3/h1-4,8,10,12-13,22,24H,5-7H2,(H,25,29)(H,31,32)(H,33,34)(H4,21,23,26,27,30);1-4,11-12,21,23H,5-8H2,(H,24,29)(H,27,28)(H,31,32)(H4,20,22,25,26,30);1H,(H,2,3). The van der Waals surface area contributed by atoms with Gasteiger partial charge in [0, 0.05) is 55.1 Å². The fourth-order valence-electron chi connectivity index (χ4n) is 6.36. The summed E-state index contributed by atoms with van der Waals surface area (Å²) in [6.45, 7) is 1.61. The predicted molar refractivity (Wildman–Crippen MR) is 245 cm³/mol. The van der Waals surface area contributed by atoms with Crippen LogP contribution in [0.5, 0.6) is 0 Å². The number of carbonyl (C=O) groups is 8. The monoisotopic (exact) mass is 964 g/mol. The number of carboxylic acids is 4. The normalized spacial score (nSPS) is 15.2. The van der Waals surface area contributed by atoms with E-state index in [1.54, 1.807) is 24.3 Å². The van der Waals surface area contributed by atoms with E-state index in [1.807, 2.05) is 0 Å². The Morgan fingerprint density at radius 1 is 0.667 bits per heavy atom. The number of nitrogen functional groups attached to an aromatic ring is 2. The lowest BCUT2D eigenvalue weighted by Gasteiger charge is -2.27. The van der Waals surface area contributed by atoms with Gasteiger partial charge in [0.25, 0.3) is 29.4 Å². The summed E-state index contributed by atoms with van der Waals surface area (Å²) in [6.07, 6.45) is -1.03. The van der Waals surface area contributed by atoms with E-state index >= 15 is 0 Å². The average molecular weight is 965 g/mol. The largest absolute Gasteiger partial charge is 0.483 e. The number of hydrogen-bond acceptors (Lipinski definition) is 20. The number of H-pyrrole nitrogens is 2. The molecular formula is C40H48N14O15. The highest BCUT2D eigenvalue weighted by Crippen LogP contribution is 2.22. The predicted octanol–water partition coefficient (Wildman–Crippen LogP) is -1.44. The van der Waals surface area contributed by atoms with Crippen molar-refractivity contribution < 1.29 is 63.9 Å². The second kappa shape index (κ2) is 24.7. The van der Waals surface area contributed by atoms with E-state index < -0.39 is 65.7 Å². The number of fused-ring (bicyclic) bond motifs is 2. The molecule has 0 radical (unpaired) electrons. The van der Waals surface area contributed by atoms with Crippen molar-refractivity contribution in [1.82, 2.24) is 30.6 Å². The van der Waals surface area contributed by atoms with Crippen molar-refractivity contribution in [2.75, 3.05) is 69.5 Å². The Morgan fingerprint density at radius 2 is 1.07 bits per heavy atom. The van der Waals surface area contributed by atoms with Crippen LogP contribution in [0.4, 0.5) is 46.3 Å². The molecule has 2 aromatic carbocycles. The van der Waals surface area contributed by atoms with Crippen molar-refractivity contribution in [3.8, 4) is 0 Å². The van der Waals surface area contributed by atoms with Crippen molar-refractivity contribution >= 4 is 94.7 Å². The minimum atomic E-state index is -1.55. The van der Waals surface area contributed by atoms with Gasteiger partial charge in [-0.15, -0.1) is 0 Å². The van der Waals surface area contributed by atoms with Crippen LogP contribution in [0.15, 0.2) is 58.1 Å². The van der Waals surface area contributed by atoms with E-state index in [9.17, 15) is 48.3 Å². The quantitative estimate of drug-likeness (QED) is 0.0378. The van der Waals surface area contributed by atoms with E-state index in [0.717, 1.165) is 0 Å². The molecule has 0 saturated heterocycles. The molecule has 29 nitrogen and oxygen atoms in total. The van der Waals surface area contributed by atoms with Crippen molar-refractivity contribution in [2.24, 2.45) is 5.92 Å². The number of carbonyl (C=O) groups excluding carboxylic acids is 3. The third kappa shape index (κ3) is 15.6. The summed E-state index contributed by atoms with van der Waals surface area (Å²) in [5.74, 6) is -7.46. The van der Waals surface area contributed by atoms with Crippen molar-refractivity contribution in [3.63, 3.8) is 0 Å². The third-order valence-corrected chi connectivity index (χ3v) is 9.83. The molecule has 6 rings (SSSR count). The molecule has 5 unspecified atom stereocenters. The van der Waals surface area contributed by atoms with Gasteiger partial charge in [-0.25, -0.2) is 9.59 Å². The molecule has 0 fully saturated rings. The molecule has 0 bridgehead atoms. The highest BCUT2D eigenvalue weighted by molar-refractivity contribution is 5.98. The Balaban J connectivity index is 0.000000285. The summed E-state index contributed by atoms with van der Waals surface area (Å²) in [5.41, 5.74) is 12.6. The zero-order valence-electron chi connectivity index (χ0n) is 36.0. The maximum atomic E-state index is 12.4. The molecule has 0 spiro atoms. The Labute approximate surface area is 387 Å². The summed E-state index contributed by atoms with van der Waals surface area (Å²) < 4.78 is 0. The van der Waals surface area contributed by atoms with Crippen LogP contribution in [0.2, 0.25) is 0 Å². The van der Waals surface area contributed by atoms with Crippen LogP contribution in [0.1, 0.15) is 40.0 Å². The van der Waals surface area contributed by atoms with E-state index in [0.29, 0.717) is 54.9 Å². The highest BCUT2D eigenvalue weighted by atomic mass is 16.4. The first kappa shape index (κ1) is 52.2. The number of benzene rings is 2. The Hall–Kier alpha value is -9.44. The highest BCUT2D eigenvalue weighted by Gasteiger charge is 2.29. The van der Waals surface area contributed by atoms with Gasteiger partial charge in [0.05, 0.1) is 12.1 Å². The van der Waals surface area contributed by atoms with Gasteiger partial charge < -0.3 is 84.3 Å². The molecule has 2 aromatic heterocycles. The summed E-state index contributed by atoms with van der Waals surface area (Å²) in [7, 11) is 0. The lowest BCUT2D eigenvalue weighted by Crippen LogP contribution is -2.43. The van der Waals surface area contributed by atoms with Crippen LogP contribution < -0.4 is 65.1 Å². The number of nitrogens with two attached hydrogens (primary N) is 2. The molecule has 5 atom stereocenters. The molecule has 368 valence electrons. The van der Waals surface area contributed by atoms with Crippen LogP contribution in [0.3, 0.4) is 0 Å². The fourth-order valence-corrected chi connectivity index (χ4v) is 6.36. The number of amides is 2. The van der Waals surface area contributed by atoms with Gasteiger partial charge in [-0.3, -0.25) is 43.5 Å². The lowest BCUT2D eigenvalue weighted by molar-refractivity contribution is -0.146. The van der Waals surface area contributed by atoms with E-state index in [2.05, 4.69) is 62.5 Å². The number of nitrogens with one attached hydrogen (secondary N) is 10. The summed E-state index contributed by atoms with van der Waals surface area (Å²) >= 11 is 0. The van der Waals surface area contributed by atoms with Gasteiger partial charge in [0.15, 0.2) is 11.6 Å². The summed E-state index contributed by atoms with van der Waals surface area (Å²) in [5, 5.41) is 66.1. The lowest BCUT2D eigenvalue weighted by atomic mass is 10.0. The molecule has 0 saturated carbocycles. The molecule has 29 heteroatoms. The Kier molecular flexibility index (Phi) is 18.7. The fraction of sp³-hybridized carbons (Fsp3) is 0.300. The molecule has 4 heterocycles. The number of rotatable bonds is 19. The van der Waals surface area contributed by atoms with E-state index in [-0.39, 0.29) is 72.0 Å². The molecule has 4 aromatic rings. The minimum absolute atomic E-state index is 0.0128. The molecule has 2 aliphatic rings. The van der Waals surface area contributed by atoms with Crippen molar-refractivity contribution in [1.29, 1.82) is 0 Å². The maximum Gasteiger partial charge on any atom is 0.326 e. The summed E-state index contributed by atoms with van der Waals surface area (Å²) in [4.78, 5) is 125. The first-order valence-electron chi connectivity index (χ1n) is 20.4. The molecule has 69 heavy (non-hydrogen) atoms. The molecular weight excluding hydrogens is 917 g/mol. The van der Waals surface area contributed by atoms with Crippen LogP contribution in [0.25, 0.3) is 0 Å².